The van der Waals surface area contributed by atoms with Crippen LogP contribution in [0.3, 0.4) is 0 Å². The fourth-order valence-corrected chi connectivity index (χ4v) is 5.50. The minimum Gasteiger partial charge on any atom is -0.480 e. The molecule has 204 valence electrons. The maximum Gasteiger partial charge on any atom is 0.326 e. The van der Waals surface area contributed by atoms with Gasteiger partial charge in [-0.1, -0.05) is 18.2 Å². The van der Waals surface area contributed by atoms with Gasteiger partial charge >= 0.3 is 5.97 Å². The summed E-state index contributed by atoms with van der Waals surface area (Å²) in [6, 6.07) is 10.7. The maximum absolute atomic E-state index is 13.0. The normalized spacial score (nSPS) is 21.5. The number of amides is 1. The molecule has 1 aromatic heterocycles. The number of hydrogen-bond donors (Lipinski definition) is 3. The van der Waals surface area contributed by atoms with Crippen LogP contribution in [-0.2, 0) is 27.1 Å². The molecule has 1 unspecified atom stereocenters. The van der Waals surface area contributed by atoms with Gasteiger partial charge in [0.05, 0.1) is 24.9 Å². The second-order valence-electron chi connectivity index (χ2n) is 10.5. The lowest BCUT2D eigenvalue weighted by Gasteiger charge is -2.35. The number of para-hydroxylation sites is 1. The average Bonchev–Trinajstić information content (AvgIpc) is 2.93. The van der Waals surface area contributed by atoms with E-state index in [9.17, 15) is 14.7 Å². The number of aryl methyl sites for hydroxylation is 2. The molecule has 3 N–H and O–H groups in total. The van der Waals surface area contributed by atoms with Crippen molar-refractivity contribution in [2.24, 2.45) is 5.92 Å². The number of carboxylic acid groups (broad SMARTS) is 1. The average molecular weight is 523 g/mol. The van der Waals surface area contributed by atoms with Gasteiger partial charge in [0, 0.05) is 44.0 Å². The van der Waals surface area contributed by atoms with E-state index in [2.05, 4.69) is 27.7 Å². The molecule has 1 amide bonds. The zero-order valence-electron chi connectivity index (χ0n) is 21.9. The number of anilines is 2. The van der Waals surface area contributed by atoms with E-state index < -0.39 is 12.0 Å². The van der Waals surface area contributed by atoms with Gasteiger partial charge in [0.15, 0.2) is 0 Å². The Kier molecular flexibility index (Phi) is 8.75. The number of carbonyl (C=O) groups excluding carboxylic acids is 1. The molecule has 1 aliphatic carbocycles. The molecule has 2 aromatic rings. The summed E-state index contributed by atoms with van der Waals surface area (Å²) in [6.07, 6.45) is 6.68. The standard InChI is InChI=1S/C29H38N4O5/c34-28(24-5-1-2-6-26(24)33-13-16-37-17-14-33)32-25(29(35)36)11-15-38-23-18-20(19-23)7-9-22-10-8-21-4-3-12-30-27(21)31-22/h1-2,5-6,8,10,20,23,25H,3-4,7,9,11-19H2,(H,30,31)(H,32,34)(H,35,36). The largest absolute Gasteiger partial charge is 0.480 e. The van der Waals surface area contributed by atoms with Gasteiger partial charge in [-0.3, -0.25) is 4.79 Å². The Balaban J connectivity index is 1.04. The van der Waals surface area contributed by atoms with Gasteiger partial charge in [-0.2, -0.15) is 0 Å². The van der Waals surface area contributed by atoms with Crippen LogP contribution in [0.15, 0.2) is 36.4 Å². The van der Waals surface area contributed by atoms with E-state index in [4.69, 9.17) is 14.5 Å². The van der Waals surface area contributed by atoms with Gasteiger partial charge in [-0.15, -0.1) is 0 Å². The summed E-state index contributed by atoms with van der Waals surface area (Å²) in [7, 11) is 0. The molecule has 1 saturated heterocycles. The molecule has 3 heterocycles. The first-order valence-electron chi connectivity index (χ1n) is 13.9. The third-order valence-electron chi connectivity index (χ3n) is 7.82. The van der Waals surface area contributed by atoms with Crippen molar-refractivity contribution in [2.45, 2.75) is 57.1 Å². The lowest BCUT2D eigenvalue weighted by molar-refractivity contribution is -0.140. The molecule has 0 bridgehead atoms. The topological polar surface area (TPSA) is 113 Å². The first-order chi connectivity index (χ1) is 18.6. The molecule has 1 saturated carbocycles. The number of fused-ring (bicyclic) bond motifs is 1. The number of pyridine rings is 1. The Morgan fingerprint density at radius 3 is 2.82 bits per heavy atom. The molecule has 9 nitrogen and oxygen atoms in total. The Morgan fingerprint density at radius 1 is 1.18 bits per heavy atom. The van der Waals surface area contributed by atoms with Gasteiger partial charge in [-0.05, 0) is 68.2 Å². The summed E-state index contributed by atoms with van der Waals surface area (Å²) >= 11 is 0. The highest BCUT2D eigenvalue weighted by molar-refractivity contribution is 6.01. The van der Waals surface area contributed by atoms with E-state index in [0.29, 0.717) is 44.4 Å². The van der Waals surface area contributed by atoms with Crippen molar-refractivity contribution < 1.29 is 24.2 Å². The zero-order chi connectivity index (χ0) is 26.3. The number of morpholine rings is 1. The summed E-state index contributed by atoms with van der Waals surface area (Å²) in [6.45, 7) is 3.91. The van der Waals surface area contributed by atoms with Crippen LogP contribution >= 0.6 is 0 Å². The number of ether oxygens (including phenoxy) is 2. The molecule has 9 heteroatoms. The molecule has 5 rings (SSSR count). The third-order valence-corrected chi connectivity index (χ3v) is 7.82. The van der Waals surface area contributed by atoms with Gasteiger partial charge in [-0.25, -0.2) is 9.78 Å². The molecule has 38 heavy (non-hydrogen) atoms. The van der Waals surface area contributed by atoms with Crippen LogP contribution in [0, 0.1) is 5.92 Å². The number of carboxylic acids is 1. The van der Waals surface area contributed by atoms with Crippen molar-refractivity contribution in [2.75, 3.05) is 49.7 Å². The number of rotatable bonds is 11. The van der Waals surface area contributed by atoms with Crippen molar-refractivity contribution in [3.05, 3.63) is 53.2 Å². The third kappa shape index (κ3) is 6.63. The number of aromatic nitrogens is 1. The van der Waals surface area contributed by atoms with Crippen LogP contribution in [-0.4, -0.2) is 73.6 Å². The minimum atomic E-state index is -1.05. The lowest BCUT2D eigenvalue weighted by Crippen LogP contribution is -2.43. The first-order valence-corrected chi connectivity index (χ1v) is 13.9. The van der Waals surface area contributed by atoms with Crippen LogP contribution in [0.25, 0.3) is 0 Å². The predicted molar refractivity (Wildman–Crippen MR) is 145 cm³/mol. The Morgan fingerprint density at radius 2 is 2.00 bits per heavy atom. The van der Waals surface area contributed by atoms with Crippen LogP contribution in [0.4, 0.5) is 11.5 Å². The second-order valence-corrected chi connectivity index (χ2v) is 10.5. The lowest BCUT2D eigenvalue weighted by atomic mass is 9.79. The van der Waals surface area contributed by atoms with E-state index in [0.717, 1.165) is 55.8 Å². The number of carbonyl (C=O) groups is 2. The van der Waals surface area contributed by atoms with Crippen molar-refractivity contribution in [1.29, 1.82) is 0 Å². The number of nitrogens with one attached hydrogen (secondary N) is 2. The number of aliphatic carboxylic acids is 1. The van der Waals surface area contributed by atoms with Crippen LogP contribution in [0.2, 0.25) is 0 Å². The molecule has 2 aliphatic heterocycles. The Labute approximate surface area is 223 Å². The summed E-state index contributed by atoms with van der Waals surface area (Å²) in [4.78, 5) is 31.8. The number of hydrogen-bond acceptors (Lipinski definition) is 7. The SMILES string of the molecule is O=C(NC(CCOC1CC(CCc2ccc3c(n2)NCCC3)C1)C(=O)O)c1ccccc1N1CCOCC1. The predicted octanol–water partition coefficient (Wildman–Crippen LogP) is 3.28. The van der Waals surface area contributed by atoms with Gasteiger partial charge < -0.3 is 30.1 Å². The number of benzene rings is 1. The van der Waals surface area contributed by atoms with Crippen molar-refractivity contribution >= 4 is 23.4 Å². The molecule has 1 aromatic carbocycles. The molecule has 2 fully saturated rings. The monoisotopic (exact) mass is 522 g/mol. The highest BCUT2D eigenvalue weighted by atomic mass is 16.5. The van der Waals surface area contributed by atoms with E-state index >= 15 is 0 Å². The molecule has 3 aliphatic rings. The van der Waals surface area contributed by atoms with E-state index in [1.807, 2.05) is 12.1 Å². The van der Waals surface area contributed by atoms with Crippen LogP contribution in [0.5, 0.6) is 0 Å². The quantitative estimate of drug-likeness (QED) is 0.412. The molecular formula is C29H38N4O5. The highest BCUT2D eigenvalue weighted by Crippen LogP contribution is 2.34. The van der Waals surface area contributed by atoms with E-state index in [1.54, 1.807) is 12.1 Å². The second kappa shape index (κ2) is 12.6. The molecule has 0 spiro atoms. The summed E-state index contributed by atoms with van der Waals surface area (Å²) in [5.74, 6) is 0.226. The molecular weight excluding hydrogens is 484 g/mol. The van der Waals surface area contributed by atoms with E-state index in [-0.39, 0.29) is 18.4 Å². The first kappa shape index (κ1) is 26.4. The van der Waals surface area contributed by atoms with Crippen LogP contribution in [0.1, 0.15) is 53.7 Å². The smallest absolute Gasteiger partial charge is 0.326 e. The fraction of sp³-hybridized carbons (Fsp3) is 0.552. The molecule has 1 atom stereocenters. The van der Waals surface area contributed by atoms with Crippen molar-refractivity contribution in [1.82, 2.24) is 10.3 Å². The Hall–Kier alpha value is -3.17. The fourth-order valence-electron chi connectivity index (χ4n) is 5.50. The van der Waals surface area contributed by atoms with Gasteiger partial charge in [0.1, 0.15) is 11.9 Å². The van der Waals surface area contributed by atoms with E-state index in [1.165, 1.54) is 12.0 Å². The van der Waals surface area contributed by atoms with Crippen molar-refractivity contribution in [3.63, 3.8) is 0 Å². The Bertz CT molecular complexity index is 1110. The number of nitrogens with zero attached hydrogens (tertiary/aromatic N) is 2. The zero-order valence-corrected chi connectivity index (χ0v) is 21.9. The van der Waals surface area contributed by atoms with Gasteiger partial charge in [0.25, 0.3) is 5.91 Å². The highest BCUT2D eigenvalue weighted by Gasteiger charge is 2.30. The maximum atomic E-state index is 13.0. The minimum absolute atomic E-state index is 0.158. The summed E-state index contributed by atoms with van der Waals surface area (Å²) in [5, 5.41) is 15.8. The molecule has 0 radical (unpaired) electrons. The van der Waals surface area contributed by atoms with Gasteiger partial charge in [0.2, 0.25) is 0 Å². The van der Waals surface area contributed by atoms with Crippen molar-refractivity contribution in [3.8, 4) is 0 Å². The van der Waals surface area contributed by atoms with Crippen LogP contribution < -0.4 is 15.5 Å². The summed E-state index contributed by atoms with van der Waals surface area (Å²) in [5.41, 5.74) is 3.73. The summed E-state index contributed by atoms with van der Waals surface area (Å²) < 4.78 is 11.4.